The molecule has 0 unspecified atom stereocenters. The molecule has 3 N–H and O–H groups in total. The van der Waals surface area contributed by atoms with E-state index >= 15 is 0 Å². The van der Waals surface area contributed by atoms with Gasteiger partial charge in [0.15, 0.2) is 5.11 Å². The summed E-state index contributed by atoms with van der Waals surface area (Å²) >= 11 is 5.57. The fourth-order valence-corrected chi connectivity index (χ4v) is 6.00. The molecule has 2 aliphatic heterocycles. The number of piperidine rings is 1. The molecule has 0 bridgehead atoms. The van der Waals surface area contributed by atoms with E-state index in [1.165, 1.54) is 32.6 Å². The zero-order valence-corrected chi connectivity index (χ0v) is 25.1. The van der Waals surface area contributed by atoms with E-state index in [4.69, 9.17) is 21.7 Å². The summed E-state index contributed by atoms with van der Waals surface area (Å²) in [6.07, 6.45) is 3.39. The van der Waals surface area contributed by atoms with Crippen LogP contribution in [0.2, 0.25) is 0 Å². The Kier molecular flexibility index (Phi) is 10.5. The largest absolute Gasteiger partial charge is 0.466 e. The maximum Gasteiger partial charge on any atom is 0.336 e. The van der Waals surface area contributed by atoms with Gasteiger partial charge in [0.25, 0.3) is 0 Å². The van der Waals surface area contributed by atoms with E-state index in [9.17, 15) is 9.59 Å². The van der Waals surface area contributed by atoms with Crippen molar-refractivity contribution in [3.8, 4) is 0 Å². The molecule has 4 rings (SSSR count). The van der Waals surface area contributed by atoms with Gasteiger partial charge in [0.2, 0.25) is 0 Å². The van der Waals surface area contributed by atoms with E-state index < -0.39 is 17.9 Å². The van der Waals surface area contributed by atoms with Crippen molar-refractivity contribution in [2.45, 2.75) is 44.9 Å². The van der Waals surface area contributed by atoms with Crippen LogP contribution in [-0.2, 0) is 19.1 Å². The number of thiocarbonyl (C=S) groups is 1. The zero-order valence-electron chi connectivity index (χ0n) is 24.3. The molecule has 0 atom stereocenters. The summed E-state index contributed by atoms with van der Waals surface area (Å²) in [6.45, 7) is 7.63. The number of likely N-dealkylation sites (tertiary alicyclic amines) is 1. The fourth-order valence-electron chi connectivity index (χ4n) is 5.78. The van der Waals surface area contributed by atoms with E-state index in [-0.39, 0.29) is 0 Å². The SMILES string of the molecule is COC(=O)C1=C(C)NC(C)=C(C(=O)OC)C1c1cccc(NC(=S)NCCCN2CCC(c3ccccc3)CC2)c1. The molecule has 8 nitrogen and oxygen atoms in total. The molecular weight excluding hydrogens is 536 g/mol. The van der Waals surface area contributed by atoms with Gasteiger partial charge < -0.3 is 30.3 Å². The molecular formula is C32H40N4O4S. The third kappa shape index (κ3) is 7.54. The molecule has 2 aliphatic rings. The van der Waals surface area contributed by atoms with Gasteiger partial charge in [0, 0.05) is 23.6 Å². The lowest BCUT2D eigenvalue weighted by atomic mass is 9.80. The number of ether oxygens (including phenoxy) is 2. The van der Waals surface area contributed by atoms with Gasteiger partial charge in [-0.25, -0.2) is 9.59 Å². The Labute approximate surface area is 248 Å². The number of benzene rings is 2. The molecule has 0 saturated carbocycles. The fraction of sp³-hybridized carbons (Fsp3) is 0.406. The Balaban J connectivity index is 1.33. The summed E-state index contributed by atoms with van der Waals surface area (Å²) in [5.41, 5.74) is 4.95. The normalized spacial score (nSPS) is 16.7. The summed E-state index contributed by atoms with van der Waals surface area (Å²) < 4.78 is 10.1. The van der Waals surface area contributed by atoms with Gasteiger partial charge >= 0.3 is 11.9 Å². The second-order valence-corrected chi connectivity index (χ2v) is 10.9. The van der Waals surface area contributed by atoms with Crippen molar-refractivity contribution < 1.29 is 19.1 Å². The maximum atomic E-state index is 12.8. The third-order valence-corrected chi connectivity index (χ3v) is 8.09. The van der Waals surface area contributed by atoms with Crippen molar-refractivity contribution in [3.05, 3.63) is 88.3 Å². The first-order valence-corrected chi connectivity index (χ1v) is 14.5. The molecule has 2 heterocycles. The first-order valence-electron chi connectivity index (χ1n) is 14.1. The summed E-state index contributed by atoms with van der Waals surface area (Å²) in [7, 11) is 2.66. The molecule has 0 radical (unpaired) electrons. The lowest BCUT2D eigenvalue weighted by molar-refractivity contribution is -0.137. The lowest BCUT2D eigenvalue weighted by Crippen LogP contribution is -2.36. The predicted octanol–water partition coefficient (Wildman–Crippen LogP) is 4.82. The number of dihydropyridines is 1. The highest BCUT2D eigenvalue weighted by Gasteiger charge is 2.37. The summed E-state index contributed by atoms with van der Waals surface area (Å²) in [6, 6.07) is 18.4. The third-order valence-electron chi connectivity index (χ3n) is 7.84. The van der Waals surface area contributed by atoms with E-state index in [0.717, 1.165) is 43.9 Å². The quantitative estimate of drug-likeness (QED) is 0.221. The highest BCUT2D eigenvalue weighted by Crippen LogP contribution is 2.39. The standard InChI is InChI=1S/C32H40N4O4S/c1-21-27(30(37)39-3)29(28(22(2)34-21)31(38)40-4)25-12-8-13-26(20-25)35-32(41)33-16-9-17-36-18-14-24(15-19-36)23-10-6-5-7-11-23/h5-8,10-13,20,24,29,34H,9,14-19H2,1-4H3,(H2,33,35,41). The Morgan fingerprint density at radius 1 is 0.927 bits per heavy atom. The first kappa shape index (κ1) is 30.3. The number of nitrogens with zero attached hydrogens (tertiary/aromatic N) is 1. The van der Waals surface area contributed by atoms with Crippen LogP contribution in [0.4, 0.5) is 5.69 Å². The van der Waals surface area contributed by atoms with Crippen molar-refractivity contribution in [3.63, 3.8) is 0 Å². The van der Waals surface area contributed by atoms with Crippen LogP contribution in [0.5, 0.6) is 0 Å². The summed E-state index contributed by atoms with van der Waals surface area (Å²) in [4.78, 5) is 28.1. The van der Waals surface area contributed by atoms with Crippen molar-refractivity contribution in [1.82, 2.24) is 15.5 Å². The zero-order chi connectivity index (χ0) is 29.4. The Bertz CT molecular complexity index is 1280. The summed E-state index contributed by atoms with van der Waals surface area (Å²) in [5.74, 6) is -0.998. The number of anilines is 1. The highest BCUT2D eigenvalue weighted by molar-refractivity contribution is 7.80. The van der Waals surface area contributed by atoms with Crippen LogP contribution in [0, 0.1) is 0 Å². The van der Waals surface area contributed by atoms with Crippen LogP contribution in [0.1, 0.15) is 56.1 Å². The van der Waals surface area contributed by atoms with Crippen LogP contribution in [-0.4, -0.2) is 62.3 Å². The molecule has 2 aromatic carbocycles. The minimum Gasteiger partial charge on any atom is -0.466 e. The van der Waals surface area contributed by atoms with Crippen LogP contribution >= 0.6 is 12.2 Å². The summed E-state index contributed by atoms with van der Waals surface area (Å²) in [5, 5.41) is 10.2. The van der Waals surface area contributed by atoms with Gasteiger partial charge in [0.05, 0.1) is 31.3 Å². The maximum absolute atomic E-state index is 12.8. The van der Waals surface area contributed by atoms with Crippen molar-refractivity contribution in [1.29, 1.82) is 0 Å². The second-order valence-electron chi connectivity index (χ2n) is 10.5. The molecule has 9 heteroatoms. The Morgan fingerprint density at radius 2 is 1.54 bits per heavy atom. The average Bonchev–Trinajstić information content (AvgIpc) is 2.99. The number of methoxy groups -OCH3 is 2. The topological polar surface area (TPSA) is 91.9 Å². The molecule has 2 aromatic rings. The van der Waals surface area contributed by atoms with Crippen LogP contribution < -0.4 is 16.0 Å². The molecule has 218 valence electrons. The molecule has 0 aromatic heterocycles. The van der Waals surface area contributed by atoms with Gasteiger partial charge in [-0.2, -0.15) is 0 Å². The Hall–Kier alpha value is -3.69. The monoisotopic (exact) mass is 576 g/mol. The highest BCUT2D eigenvalue weighted by atomic mass is 32.1. The van der Waals surface area contributed by atoms with E-state index in [1.54, 1.807) is 13.8 Å². The Morgan fingerprint density at radius 3 is 2.15 bits per heavy atom. The number of carbonyl (C=O) groups is 2. The van der Waals surface area contributed by atoms with Gasteiger partial charge in [-0.1, -0.05) is 42.5 Å². The van der Waals surface area contributed by atoms with Crippen molar-refractivity contribution in [2.75, 3.05) is 45.7 Å². The van der Waals surface area contributed by atoms with E-state index in [2.05, 4.69) is 51.2 Å². The second kappa shape index (κ2) is 14.3. The molecule has 1 saturated heterocycles. The molecule has 0 amide bonds. The number of rotatable bonds is 9. The van der Waals surface area contributed by atoms with Gasteiger partial charge in [0.1, 0.15) is 0 Å². The van der Waals surface area contributed by atoms with Gasteiger partial charge in [-0.3, -0.25) is 0 Å². The minimum atomic E-state index is -0.648. The number of esters is 2. The number of hydrogen-bond donors (Lipinski definition) is 3. The minimum absolute atomic E-state index is 0.365. The lowest BCUT2D eigenvalue weighted by Gasteiger charge is -2.32. The van der Waals surface area contributed by atoms with E-state index in [0.29, 0.717) is 33.6 Å². The van der Waals surface area contributed by atoms with Crippen LogP contribution in [0.25, 0.3) is 0 Å². The van der Waals surface area contributed by atoms with E-state index in [1.807, 2.05) is 24.3 Å². The smallest absolute Gasteiger partial charge is 0.336 e. The molecule has 0 spiro atoms. The van der Waals surface area contributed by atoms with Gasteiger partial charge in [-0.15, -0.1) is 0 Å². The average molecular weight is 577 g/mol. The van der Waals surface area contributed by atoms with Crippen molar-refractivity contribution >= 4 is 35.0 Å². The van der Waals surface area contributed by atoms with Gasteiger partial charge in [-0.05, 0) is 94.1 Å². The number of nitrogens with one attached hydrogen (secondary N) is 3. The molecule has 41 heavy (non-hydrogen) atoms. The molecule has 0 aliphatic carbocycles. The first-order chi connectivity index (χ1) is 19.8. The predicted molar refractivity (Wildman–Crippen MR) is 165 cm³/mol. The number of hydrogen-bond acceptors (Lipinski definition) is 7. The molecule has 1 fully saturated rings. The van der Waals surface area contributed by atoms with Crippen molar-refractivity contribution in [2.24, 2.45) is 0 Å². The van der Waals surface area contributed by atoms with Crippen LogP contribution in [0.3, 0.4) is 0 Å². The van der Waals surface area contributed by atoms with Crippen LogP contribution in [0.15, 0.2) is 77.1 Å². The number of carbonyl (C=O) groups excluding carboxylic acids is 2. The number of allylic oxidation sites excluding steroid dienone is 2.